The molecule has 7 heteroatoms. The van der Waals surface area contributed by atoms with Gasteiger partial charge >= 0.3 is 0 Å². The molecule has 0 spiro atoms. The van der Waals surface area contributed by atoms with Gasteiger partial charge in [-0.05, 0) is 6.07 Å². The topological polar surface area (TPSA) is 80.9 Å². The molecule has 21 heavy (non-hydrogen) atoms. The molecule has 1 aliphatic heterocycles. The van der Waals surface area contributed by atoms with Crippen LogP contribution in [0.15, 0.2) is 18.3 Å². The van der Waals surface area contributed by atoms with Gasteiger partial charge in [0.1, 0.15) is 17.6 Å². The van der Waals surface area contributed by atoms with Crippen LogP contribution in [0, 0.1) is 0 Å². The average molecular weight is 294 g/mol. The van der Waals surface area contributed by atoms with E-state index in [1.54, 1.807) is 25.3 Å². The second kappa shape index (κ2) is 7.24. The highest BCUT2D eigenvalue weighted by Gasteiger charge is 2.25. The van der Waals surface area contributed by atoms with Gasteiger partial charge in [-0.15, -0.1) is 0 Å². The highest BCUT2D eigenvalue weighted by atomic mass is 16.5. The molecule has 1 unspecified atom stereocenters. The fraction of sp³-hybridized carbons (Fsp3) is 0.571. The summed E-state index contributed by atoms with van der Waals surface area (Å²) in [5.74, 6) is 1.58. The van der Waals surface area contributed by atoms with Crippen LogP contribution in [-0.4, -0.2) is 68.8 Å². The maximum Gasteiger partial charge on any atom is 0.241 e. The second-order valence-electron chi connectivity index (χ2n) is 4.93. The van der Waals surface area contributed by atoms with Crippen molar-refractivity contribution >= 4 is 11.7 Å². The Kier molecular flexibility index (Phi) is 5.35. The summed E-state index contributed by atoms with van der Waals surface area (Å²) in [5.41, 5.74) is 5.78. The zero-order chi connectivity index (χ0) is 15.2. The van der Waals surface area contributed by atoms with Gasteiger partial charge in [0.2, 0.25) is 5.91 Å². The Bertz CT molecular complexity index is 475. The number of nitrogens with two attached hydrogens (primary N) is 1. The Balaban J connectivity index is 1.92. The number of carbonyl (C=O) groups is 1. The van der Waals surface area contributed by atoms with E-state index in [2.05, 4.69) is 9.88 Å². The molecular weight excluding hydrogens is 272 g/mol. The molecule has 116 valence electrons. The Labute approximate surface area is 124 Å². The first-order chi connectivity index (χ1) is 10.2. The van der Waals surface area contributed by atoms with E-state index < -0.39 is 6.04 Å². The van der Waals surface area contributed by atoms with E-state index in [0.717, 1.165) is 24.7 Å². The lowest BCUT2D eigenvalue weighted by molar-refractivity contribution is -0.134. The largest absolute Gasteiger partial charge is 0.497 e. The van der Waals surface area contributed by atoms with E-state index in [1.165, 1.54) is 0 Å². The number of carbonyl (C=O) groups excluding carboxylic acids is 1. The maximum atomic E-state index is 12.1. The number of hydrogen-bond donors (Lipinski definition) is 1. The number of ether oxygens (including phenoxy) is 2. The molecule has 1 aromatic rings. The summed E-state index contributed by atoms with van der Waals surface area (Å²) >= 11 is 0. The van der Waals surface area contributed by atoms with Crippen molar-refractivity contribution in [3.63, 3.8) is 0 Å². The quantitative estimate of drug-likeness (QED) is 0.804. The number of nitrogens with zero attached hydrogens (tertiary/aromatic N) is 3. The van der Waals surface area contributed by atoms with E-state index in [4.69, 9.17) is 15.2 Å². The molecule has 1 amide bonds. The predicted octanol–water partition coefficient (Wildman–Crippen LogP) is -0.287. The van der Waals surface area contributed by atoms with Crippen molar-refractivity contribution in [2.24, 2.45) is 5.73 Å². The SMILES string of the molecule is COCC(N)C(=O)N1CCN(c2cc(OC)ccn2)CC1. The van der Waals surface area contributed by atoms with Crippen LogP contribution in [0.25, 0.3) is 0 Å². The van der Waals surface area contributed by atoms with Crippen LogP contribution >= 0.6 is 0 Å². The first kappa shape index (κ1) is 15.5. The molecule has 2 heterocycles. The summed E-state index contributed by atoms with van der Waals surface area (Å²) in [5, 5.41) is 0. The molecule has 1 fully saturated rings. The summed E-state index contributed by atoms with van der Waals surface area (Å²) in [6.07, 6.45) is 1.72. The maximum absolute atomic E-state index is 12.1. The van der Waals surface area contributed by atoms with Gasteiger partial charge in [0.05, 0.1) is 13.7 Å². The zero-order valence-electron chi connectivity index (χ0n) is 12.5. The van der Waals surface area contributed by atoms with Gasteiger partial charge < -0.3 is 25.0 Å². The minimum absolute atomic E-state index is 0.0601. The lowest BCUT2D eigenvalue weighted by Crippen LogP contribution is -2.54. The van der Waals surface area contributed by atoms with E-state index in [-0.39, 0.29) is 12.5 Å². The molecule has 0 bridgehead atoms. The van der Waals surface area contributed by atoms with Crippen LogP contribution < -0.4 is 15.4 Å². The average Bonchev–Trinajstić information content (AvgIpc) is 2.54. The highest BCUT2D eigenvalue weighted by molar-refractivity contribution is 5.82. The Morgan fingerprint density at radius 2 is 2.10 bits per heavy atom. The molecule has 2 N–H and O–H groups in total. The Morgan fingerprint density at radius 3 is 2.71 bits per heavy atom. The van der Waals surface area contributed by atoms with E-state index >= 15 is 0 Å². The number of rotatable bonds is 5. The molecule has 0 radical (unpaired) electrons. The van der Waals surface area contributed by atoms with Crippen molar-refractivity contribution in [3.8, 4) is 5.75 Å². The van der Waals surface area contributed by atoms with Crippen LogP contribution in [0.3, 0.4) is 0 Å². The molecule has 0 saturated carbocycles. The summed E-state index contributed by atoms with van der Waals surface area (Å²) in [7, 11) is 3.17. The number of amides is 1. The van der Waals surface area contributed by atoms with Crippen LogP contribution in [0.2, 0.25) is 0 Å². The zero-order valence-corrected chi connectivity index (χ0v) is 12.5. The lowest BCUT2D eigenvalue weighted by atomic mass is 10.2. The summed E-state index contributed by atoms with van der Waals surface area (Å²) in [6, 6.07) is 3.12. The molecule has 1 aromatic heterocycles. The molecule has 1 saturated heterocycles. The van der Waals surface area contributed by atoms with Crippen LogP contribution in [-0.2, 0) is 9.53 Å². The first-order valence-corrected chi connectivity index (χ1v) is 6.94. The number of pyridine rings is 1. The van der Waals surface area contributed by atoms with Gasteiger partial charge in [-0.1, -0.05) is 0 Å². The Hall–Kier alpha value is -1.86. The molecular formula is C14H22N4O3. The lowest BCUT2D eigenvalue weighted by Gasteiger charge is -2.36. The number of hydrogen-bond acceptors (Lipinski definition) is 6. The van der Waals surface area contributed by atoms with Gasteiger partial charge in [-0.25, -0.2) is 4.98 Å². The monoisotopic (exact) mass is 294 g/mol. The first-order valence-electron chi connectivity index (χ1n) is 6.94. The smallest absolute Gasteiger partial charge is 0.241 e. The standard InChI is InChI=1S/C14H22N4O3/c1-20-10-12(15)14(19)18-7-5-17(6-8-18)13-9-11(21-2)3-4-16-13/h3-4,9,12H,5-8,10,15H2,1-2H3. The van der Waals surface area contributed by atoms with Crippen molar-refractivity contribution in [1.82, 2.24) is 9.88 Å². The van der Waals surface area contributed by atoms with Crippen LogP contribution in [0.1, 0.15) is 0 Å². The highest BCUT2D eigenvalue weighted by Crippen LogP contribution is 2.19. The molecule has 1 atom stereocenters. The normalized spacial score (nSPS) is 16.7. The van der Waals surface area contributed by atoms with E-state index in [1.807, 2.05) is 12.1 Å². The van der Waals surface area contributed by atoms with Crippen molar-refractivity contribution in [3.05, 3.63) is 18.3 Å². The molecule has 0 aromatic carbocycles. The molecule has 1 aliphatic rings. The van der Waals surface area contributed by atoms with Crippen molar-refractivity contribution in [1.29, 1.82) is 0 Å². The summed E-state index contributed by atoms with van der Waals surface area (Å²) in [6.45, 7) is 2.97. The molecule has 2 rings (SSSR count). The second-order valence-corrected chi connectivity index (χ2v) is 4.93. The van der Waals surface area contributed by atoms with Crippen LogP contribution in [0.5, 0.6) is 5.75 Å². The fourth-order valence-electron chi connectivity index (χ4n) is 2.34. The minimum atomic E-state index is -0.587. The number of anilines is 1. The van der Waals surface area contributed by atoms with Crippen molar-refractivity contribution in [2.45, 2.75) is 6.04 Å². The van der Waals surface area contributed by atoms with Gasteiger partial charge in [0, 0.05) is 45.6 Å². The number of piperazine rings is 1. The third-order valence-corrected chi connectivity index (χ3v) is 3.53. The minimum Gasteiger partial charge on any atom is -0.497 e. The third kappa shape index (κ3) is 3.83. The van der Waals surface area contributed by atoms with Crippen LogP contribution in [0.4, 0.5) is 5.82 Å². The van der Waals surface area contributed by atoms with E-state index in [9.17, 15) is 4.79 Å². The number of methoxy groups -OCH3 is 2. The fourth-order valence-corrected chi connectivity index (χ4v) is 2.34. The van der Waals surface area contributed by atoms with Gasteiger partial charge in [-0.3, -0.25) is 4.79 Å². The Morgan fingerprint density at radius 1 is 1.38 bits per heavy atom. The van der Waals surface area contributed by atoms with Crippen molar-refractivity contribution in [2.75, 3.05) is 51.9 Å². The summed E-state index contributed by atoms with van der Waals surface area (Å²) < 4.78 is 10.1. The van der Waals surface area contributed by atoms with Crippen molar-refractivity contribution < 1.29 is 14.3 Å². The third-order valence-electron chi connectivity index (χ3n) is 3.53. The molecule has 7 nitrogen and oxygen atoms in total. The van der Waals surface area contributed by atoms with E-state index in [0.29, 0.717) is 13.1 Å². The predicted molar refractivity (Wildman–Crippen MR) is 79.4 cm³/mol. The van der Waals surface area contributed by atoms with Gasteiger partial charge in [0.25, 0.3) is 0 Å². The van der Waals surface area contributed by atoms with Gasteiger partial charge in [0.15, 0.2) is 0 Å². The summed E-state index contributed by atoms with van der Waals surface area (Å²) in [4.78, 5) is 20.4. The molecule has 0 aliphatic carbocycles. The number of aromatic nitrogens is 1. The van der Waals surface area contributed by atoms with Gasteiger partial charge in [-0.2, -0.15) is 0 Å².